The smallest absolute Gasteiger partial charge is 0.308 e. The molecule has 1 aliphatic rings. The number of carbonyl (C=O) groups excluding carboxylic acids is 1. The van der Waals surface area contributed by atoms with Crippen LogP contribution in [-0.4, -0.2) is 49.7 Å². The number of carboxylic acid groups (broad SMARTS) is 1. The Bertz CT molecular complexity index is 816. The normalized spacial score (nSPS) is 17.0. The van der Waals surface area contributed by atoms with E-state index in [-0.39, 0.29) is 23.8 Å². The van der Waals surface area contributed by atoms with Crippen LogP contribution in [0.2, 0.25) is 0 Å². The van der Waals surface area contributed by atoms with Crippen molar-refractivity contribution < 1.29 is 19.6 Å². The zero-order valence-corrected chi connectivity index (χ0v) is 12.5. The van der Waals surface area contributed by atoms with E-state index in [0.29, 0.717) is 18.7 Å². The summed E-state index contributed by atoms with van der Waals surface area (Å²) < 4.78 is 1.38. The van der Waals surface area contributed by atoms with Crippen molar-refractivity contribution in [2.24, 2.45) is 5.92 Å². The second-order valence-corrected chi connectivity index (χ2v) is 5.50. The number of hydrogen-bond donors (Lipinski definition) is 1. The van der Waals surface area contributed by atoms with Gasteiger partial charge in [0.2, 0.25) is 0 Å². The molecule has 1 N–H and O–H groups in total. The highest BCUT2D eigenvalue weighted by Gasteiger charge is 2.32. The lowest BCUT2D eigenvalue weighted by molar-refractivity contribution is -0.384. The summed E-state index contributed by atoms with van der Waals surface area (Å²) in [5.41, 5.74) is 0.570. The number of aliphatic carboxylic acids is 1. The lowest BCUT2D eigenvalue weighted by Crippen LogP contribution is -2.30. The van der Waals surface area contributed by atoms with Crippen molar-refractivity contribution in [2.75, 3.05) is 13.1 Å². The van der Waals surface area contributed by atoms with Crippen LogP contribution in [0.5, 0.6) is 0 Å². The number of nitrogens with zero attached hydrogens (tertiary/aromatic N) is 4. The van der Waals surface area contributed by atoms with Gasteiger partial charge in [0.1, 0.15) is 0 Å². The molecule has 0 radical (unpaired) electrons. The van der Waals surface area contributed by atoms with Crippen molar-refractivity contribution in [1.82, 2.24) is 14.7 Å². The first-order valence-corrected chi connectivity index (χ1v) is 7.28. The van der Waals surface area contributed by atoms with Crippen LogP contribution in [0.15, 0.2) is 36.5 Å². The Labute approximate surface area is 136 Å². The predicted octanol–water partition coefficient (Wildman–Crippen LogP) is 1.33. The van der Waals surface area contributed by atoms with Crippen molar-refractivity contribution in [3.63, 3.8) is 0 Å². The molecule has 9 heteroatoms. The van der Waals surface area contributed by atoms with E-state index in [9.17, 15) is 19.7 Å². The highest BCUT2D eigenvalue weighted by Crippen LogP contribution is 2.20. The van der Waals surface area contributed by atoms with Gasteiger partial charge in [-0.3, -0.25) is 19.7 Å². The minimum Gasteiger partial charge on any atom is -0.481 e. The molecule has 1 atom stereocenters. The maximum absolute atomic E-state index is 12.4. The second-order valence-electron chi connectivity index (χ2n) is 5.50. The van der Waals surface area contributed by atoms with E-state index >= 15 is 0 Å². The number of amides is 1. The minimum absolute atomic E-state index is 0.0697. The molecule has 0 spiro atoms. The number of non-ortho nitro benzene ring substituents is 1. The summed E-state index contributed by atoms with van der Waals surface area (Å²) >= 11 is 0. The van der Waals surface area contributed by atoms with Crippen LogP contribution in [0.4, 0.5) is 5.69 Å². The zero-order valence-electron chi connectivity index (χ0n) is 12.5. The van der Waals surface area contributed by atoms with Gasteiger partial charge in [-0.2, -0.15) is 5.10 Å². The van der Waals surface area contributed by atoms with Crippen LogP contribution in [0.3, 0.4) is 0 Å². The summed E-state index contributed by atoms with van der Waals surface area (Å²) in [6, 6.07) is 7.42. The lowest BCUT2D eigenvalue weighted by atomic mass is 10.1. The molecule has 0 bridgehead atoms. The molecule has 1 aromatic carbocycles. The fraction of sp³-hybridized carbons (Fsp3) is 0.267. The molecule has 9 nitrogen and oxygen atoms in total. The van der Waals surface area contributed by atoms with Gasteiger partial charge in [0.15, 0.2) is 5.69 Å². The average Bonchev–Trinajstić information content (AvgIpc) is 3.24. The number of nitro benzene ring substituents is 1. The number of benzene rings is 1. The topological polar surface area (TPSA) is 119 Å². The zero-order chi connectivity index (χ0) is 17.3. The van der Waals surface area contributed by atoms with E-state index in [1.807, 2.05) is 0 Å². The molecule has 0 aliphatic carbocycles. The quantitative estimate of drug-likeness (QED) is 0.667. The number of carbonyl (C=O) groups is 2. The van der Waals surface area contributed by atoms with Gasteiger partial charge in [0, 0.05) is 31.4 Å². The Hall–Kier alpha value is -3.23. The molecule has 1 fully saturated rings. The third kappa shape index (κ3) is 2.96. The molecule has 1 amide bonds. The highest BCUT2D eigenvalue weighted by molar-refractivity contribution is 5.93. The Morgan fingerprint density at radius 1 is 1.33 bits per heavy atom. The average molecular weight is 330 g/mol. The van der Waals surface area contributed by atoms with Crippen molar-refractivity contribution >= 4 is 17.6 Å². The van der Waals surface area contributed by atoms with E-state index in [1.165, 1.54) is 40.0 Å². The number of nitro groups is 1. The SMILES string of the molecule is O=C(O)C1CCN(C(=O)c2ccn(-c3cccc([N+](=O)[O-])c3)n2)C1. The Morgan fingerprint density at radius 3 is 2.79 bits per heavy atom. The van der Waals surface area contributed by atoms with Crippen LogP contribution in [0.1, 0.15) is 16.9 Å². The Balaban J connectivity index is 1.78. The number of rotatable bonds is 4. The summed E-state index contributed by atoms with van der Waals surface area (Å²) in [6.07, 6.45) is 1.96. The summed E-state index contributed by atoms with van der Waals surface area (Å²) in [4.78, 5) is 35.1. The van der Waals surface area contributed by atoms with Gasteiger partial charge in [-0.1, -0.05) is 6.07 Å². The molecular formula is C15H14N4O5. The molecule has 124 valence electrons. The number of carboxylic acids is 1. The third-order valence-electron chi connectivity index (χ3n) is 3.94. The molecule has 1 aromatic heterocycles. The number of aromatic nitrogens is 2. The van der Waals surface area contributed by atoms with Crippen molar-refractivity contribution in [3.8, 4) is 5.69 Å². The monoisotopic (exact) mass is 330 g/mol. The van der Waals surface area contributed by atoms with Crippen molar-refractivity contribution in [3.05, 3.63) is 52.3 Å². The number of likely N-dealkylation sites (tertiary alicyclic amines) is 1. The molecular weight excluding hydrogens is 316 g/mol. The molecule has 1 aliphatic heterocycles. The van der Waals surface area contributed by atoms with Crippen LogP contribution in [-0.2, 0) is 4.79 Å². The Kier molecular flexibility index (Phi) is 3.98. The molecule has 1 saturated heterocycles. The van der Waals surface area contributed by atoms with Gasteiger partial charge >= 0.3 is 5.97 Å². The predicted molar refractivity (Wildman–Crippen MR) is 81.9 cm³/mol. The van der Waals surface area contributed by atoms with Crippen molar-refractivity contribution in [1.29, 1.82) is 0 Å². The van der Waals surface area contributed by atoms with Crippen LogP contribution in [0.25, 0.3) is 5.69 Å². The molecule has 1 unspecified atom stereocenters. The van der Waals surface area contributed by atoms with Crippen molar-refractivity contribution in [2.45, 2.75) is 6.42 Å². The molecule has 3 rings (SSSR count). The van der Waals surface area contributed by atoms with Gasteiger partial charge in [0.25, 0.3) is 11.6 Å². The largest absolute Gasteiger partial charge is 0.481 e. The summed E-state index contributed by atoms with van der Waals surface area (Å²) in [5, 5.41) is 24.0. The fourth-order valence-corrected chi connectivity index (χ4v) is 2.64. The molecule has 2 aromatic rings. The van der Waals surface area contributed by atoms with Crippen LogP contribution >= 0.6 is 0 Å². The van der Waals surface area contributed by atoms with E-state index < -0.39 is 16.8 Å². The molecule has 2 heterocycles. The first kappa shape index (κ1) is 15.7. The fourth-order valence-electron chi connectivity index (χ4n) is 2.64. The van der Waals surface area contributed by atoms with Gasteiger partial charge in [-0.05, 0) is 18.6 Å². The van der Waals surface area contributed by atoms with Crippen LogP contribution in [0, 0.1) is 16.0 Å². The molecule has 24 heavy (non-hydrogen) atoms. The molecule has 0 saturated carbocycles. The maximum atomic E-state index is 12.4. The first-order valence-electron chi connectivity index (χ1n) is 7.28. The summed E-state index contributed by atoms with van der Waals surface area (Å²) in [7, 11) is 0. The number of hydrogen-bond acceptors (Lipinski definition) is 5. The van der Waals surface area contributed by atoms with E-state index in [0.717, 1.165) is 0 Å². The second kappa shape index (κ2) is 6.11. The summed E-state index contributed by atoms with van der Waals surface area (Å²) in [6.45, 7) is 0.539. The van der Waals surface area contributed by atoms with Gasteiger partial charge < -0.3 is 10.0 Å². The first-order chi connectivity index (χ1) is 11.5. The maximum Gasteiger partial charge on any atom is 0.308 e. The van der Waals surface area contributed by atoms with Gasteiger partial charge in [-0.15, -0.1) is 0 Å². The van der Waals surface area contributed by atoms with Crippen LogP contribution < -0.4 is 0 Å². The summed E-state index contributed by atoms with van der Waals surface area (Å²) in [5.74, 6) is -1.80. The standard InChI is InChI=1S/C15H14N4O5/c20-14(17-6-4-10(9-17)15(21)22)13-5-7-18(16-13)11-2-1-3-12(8-11)19(23)24/h1-3,5,7-8,10H,4,6,9H2,(H,21,22). The minimum atomic E-state index is -0.910. The van der Waals surface area contributed by atoms with E-state index in [4.69, 9.17) is 5.11 Å². The van der Waals surface area contributed by atoms with E-state index in [1.54, 1.807) is 6.07 Å². The third-order valence-corrected chi connectivity index (χ3v) is 3.94. The van der Waals surface area contributed by atoms with Gasteiger partial charge in [-0.25, -0.2) is 4.68 Å². The highest BCUT2D eigenvalue weighted by atomic mass is 16.6. The Morgan fingerprint density at radius 2 is 2.12 bits per heavy atom. The van der Waals surface area contributed by atoms with E-state index in [2.05, 4.69) is 5.10 Å². The lowest BCUT2D eigenvalue weighted by Gasteiger charge is -2.13. The van der Waals surface area contributed by atoms with Gasteiger partial charge in [0.05, 0.1) is 16.5 Å².